The summed E-state index contributed by atoms with van der Waals surface area (Å²) in [6.07, 6.45) is 6.85. The van der Waals surface area contributed by atoms with Crippen molar-refractivity contribution in [2.45, 2.75) is 25.3 Å². The van der Waals surface area contributed by atoms with Gasteiger partial charge in [0.15, 0.2) is 0 Å². The number of ether oxygens (including phenoxy) is 1. The summed E-state index contributed by atoms with van der Waals surface area (Å²) in [6.45, 7) is 3.27. The van der Waals surface area contributed by atoms with E-state index in [-0.39, 0.29) is 17.9 Å². The molecule has 30 heavy (non-hydrogen) atoms. The van der Waals surface area contributed by atoms with Crippen molar-refractivity contribution >= 4 is 17.5 Å². The predicted molar refractivity (Wildman–Crippen MR) is 112 cm³/mol. The van der Waals surface area contributed by atoms with Crippen LogP contribution in [-0.2, 0) is 4.79 Å². The average Bonchev–Trinajstić information content (AvgIpc) is 3.65. The van der Waals surface area contributed by atoms with E-state index in [9.17, 15) is 9.59 Å². The fourth-order valence-corrected chi connectivity index (χ4v) is 3.85. The van der Waals surface area contributed by atoms with Gasteiger partial charge in [0.25, 0.3) is 5.91 Å². The Morgan fingerprint density at radius 3 is 2.57 bits per heavy atom. The molecule has 0 atom stereocenters. The summed E-state index contributed by atoms with van der Waals surface area (Å²) in [6, 6.07) is 8.16. The minimum Gasteiger partial charge on any atom is -0.495 e. The Balaban J connectivity index is 1.31. The van der Waals surface area contributed by atoms with E-state index in [0.717, 1.165) is 37.4 Å². The van der Waals surface area contributed by atoms with Crippen molar-refractivity contribution in [1.29, 1.82) is 0 Å². The largest absolute Gasteiger partial charge is 0.495 e. The van der Waals surface area contributed by atoms with E-state index in [0.29, 0.717) is 31.7 Å². The Morgan fingerprint density at radius 2 is 1.90 bits per heavy atom. The van der Waals surface area contributed by atoms with Crippen LogP contribution in [0.15, 0.2) is 42.9 Å². The van der Waals surface area contributed by atoms with Gasteiger partial charge in [-0.2, -0.15) is 0 Å². The smallest absolute Gasteiger partial charge is 0.274 e. The fourth-order valence-electron chi connectivity index (χ4n) is 3.85. The monoisotopic (exact) mass is 409 g/mol. The summed E-state index contributed by atoms with van der Waals surface area (Å²) in [5.41, 5.74) is 1.39. The number of methoxy groups -OCH3 is 1. The Morgan fingerprint density at radius 1 is 1.13 bits per heavy atom. The van der Waals surface area contributed by atoms with E-state index in [1.807, 2.05) is 29.2 Å². The van der Waals surface area contributed by atoms with Crippen LogP contribution in [0.3, 0.4) is 0 Å². The summed E-state index contributed by atoms with van der Waals surface area (Å²) in [5, 5.41) is 0. The third-order valence-electron chi connectivity index (χ3n) is 5.66. The Hall–Kier alpha value is -3.16. The standard InChI is InChI=1S/C22H27N5O3/c1-30-20-5-3-2-4-19(20)25-12-14-26(15-13-25)21(28)8-11-27(17-6-7-17)22(29)18-16-23-9-10-24-18/h2-5,9-10,16-17H,6-8,11-15H2,1H3. The molecule has 1 saturated carbocycles. The van der Waals surface area contributed by atoms with E-state index < -0.39 is 0 Å². The summed E-state index contributed by atoms with van der Waals surface area (Å²) in [4.78, 5) is 39.6. The topological polar surface area (TPSA) is 78.9 Å². The Bertz CT molecular complexity index is 879. The number of aromatic nitrogens is 2. The van der Waals surface area contributed by atoms with Crippen molar-refractivity contribution in [3.8, 4) is 5.75 Å². The number of rotatable bonds is 7. The number of hydrogen-bond acceptors (Lipinski definition) is 6. The van der Waals surface area contributed by atoms with Gasteiger partial charge in [-0.3, -0.25) is 14.6 Å². The molecule has 1 saturated heterocycles. The van der Waals surface area contributed by atoms with Crippen LogP contribution in [-0.4, -0.2) is 77.5 Å². The minimum atomic E-state index is -0.139. The number of hydrogen-bond donors (Lipinski definition) is 0. The van der Waals surface area contributed by atoms with Crippen LogP contribution in [0.25, 0.3) is 0 Å². The van der Waals surface area contributed by atoms with Gasteiger partial charge in [-0.25, -0.2) is 4.98 Å². The molecule has 0 bridgehead atoms. The number of nitrogens with zero attached hydrogens (tertiary/aromatic N) is 5. The maximum Gasteiger partial charge on any atom is 0.274 e. The zero-order chi connectivity index (χ0) is 20.9. The molecule has 0 spiro atoms. The predicted octanol–water partition coefficient (Wildman–Crippen LogP) is 1.83. The Kier molecular flexibility index (Phi) is 6.11. The molecule has 2 heterocycles. The maximum absolute atomic E-state index is 12.8. The van der Waals surface area contributed by atoms with Crippen LogP contribution in [0, 0.1) is 0 Å². The van der Waals surface area contributed by atoms with E-state index in [4.69, 9.17) is 4.74 Å². The van der Waals surface area contributed by atoms with Gasteiger partial charge < -0.3 is 19.4 Å². The summed E-state index contributed by atoms with van der Waals surface area (Å²) < 4.78 is 5.46. The molecule has 158 valence electrons. The number of carbonyl (C=O) groups excluding carboxylic acids is 2. The summed E-state index contributed by atoms with van der Waals surface area (Å²) >= 11 is 0. The second kappa shape index (κ2) is 9.11. The third kappa shape index (κ3) is 4.53. The highest BCUT2D eigenvalue weighted by atomic mass is 16.5. The molecule has 1 aromatic carbocycles. The van der Waals surface area contributed by atoms with E-state index >= 15 is 0 Å². The zero-order valence-corrected chi connectivity index (χ0v) is 17.2. The van der Waals surface area contributed by atoms with Crippen molar-refractivity contribution in [2.24, 2.45) is 0 Å². The van der Waals surface area contributed by atoms with Gasteiger partial charge in [0.1, 0.15) is 11.4 Å². The highest BCUT2D eigenvalue weighted by Crippen LogP contribution is 2.29. The van der Waals surface area contributed by atoms with Gasteiger partial charge in [0.2, 0.25) is 5.91 Å². The van der Waals surface area contributed by atoms with Crippen LogP contribution in [0.4, 0.5) is 5.69 Å². The first-order valence-electron chi connectivity index (χ1n) is 10.4. The molecule has 1 aliphatic carbocycles. The molecule has 1 aromatic heterocycles. The molecule has 0 unspecified atom stereocenters. The van der Waals surface area contributed by atoms with Gasteiger partial charge in [0.05, 0.1) is 19.0 Å². The Labute approximate surface area is 176 Å². The van der Waals surface area contributed by atoms with Crippen molar-refractivity contribution in [2.75, 3.05) is 44.7 Å². The van der Waals surface area contributed by atoms with E-state index in [1.54, 1.807) is 18.2 Å². The molecular formula is C22H27N5O3. The number of anilines is 1. The zero-order valence-electron chi connectivity index (χ0n) is 17.2. The van der Waals surface area contributed by atoms with Crippen LogP contribution in [0.1, 0.15) is 29.8 Å². The van der Waals surface area contributed by atoms with Crippen molar-refractivity contribution < 1.29 is 14.3 Å². The van der Waals surface area contributed by atoms with Crippen LogP contribution in [0.5, 0.6) is 5.75 Å². The van der Waals surface area contributed by atoms with Gasteiger partial charge in [-0.15, -0.1) is 0 Å². The van der Waals surface area contributed by atoms with E-state index in [2.05, 4.69) is 14.9 Å². The number of para-hydroxylation sites is 2. The number of benzene rings is 1. The average molecular weight is 409 g/mol. The first-order chi connectivity index (χ1) is 14.7. The molecule has 0 radical (unpaired) electrons. The molecule has 4 rings (SSSR count). The first kappa shape index (κ1) is 20.1. The second-order valence-corrected chi connectivity index (χ2v) is 7.61. The maximum atomic E-state index is 12.8. The number of carbonyl (C=O) groups is 2. The normalized spacial score (nSPS) is 16.3. The van der Waals surface area contributed by atoms with Crippen LogP contribution < -0.4 is 9.64 Å². The lowest BCUT2D eigenvalue weighted by Crippen LogP contribution is -2.49. The number of piperazine rings is 1. The van der Waals surface area contributed by atoms with Gasteiger partial charge >= 0.3 is 0 Å². The molecule has 8 nitrogen and oxygen atoms in total. The lowest BCUT2D eigenvalue weighted by molar-refractivity contribution is -0.131. The van der Waals surface area contributed by atoms with Gasteiger partial charge in [0, 0.05) is 57.6 Å². The van der Waals surface area contributed by atoms with Gasteiger partial charge in [-0.05, 0) is 25.0 Å². The molecule has 2 fully saturated rings. The molecule has 1 aliphatic heterocycles. The molecule has 0 N–H and O–H groups in total. The van der Waals surface area contributed by atoms with Crippen molar-refractivity contribution in [1.82, 2.24) is 19.8 Å². The minimum absolute atomic E-state index is 0.0901. The van der Waals surface area contributed by atoms with Crippen molar-refractivity contribution in [3.63, 3.8) is 0 Å². The first-order valence-corrected chi connectivity index (χ1v) is 10.4. The van der Waals surface area contributed by atoms with Crippen molar-refractivity contribution in [3.05, 3.63) is 48.5 Å². The molecule has 2 amide bonds. The number of amides is 2. The lowest BCUT2D eigenvalue weighted by atomic mass is 10.2. The molecule has 2 aromatic rings. The summed E-state index contributed by atoms with van der Waals surface area (Å²) in [5.74, 6) is 0.798. The highest BCUT2D eigenvalue weighted by Gasteiger charge is 2.34. The van der Waals surface area contributed by atoms with Crippen LogP contribution in [0.2, 0.25) is 0 Å². The summed E-state index contributed by atoms with van der Waals surface area (Å²) in [7, 11) is 1.67. The SMILES string of the molecule is COc1ccccc1N1CCN(C(=O)CCN(C(=O)c2cnccn2)C2CC2)CC1. The molecule has 8 heteroatoms. The lowest BCUT2D eigenvalue weighted by Gasteiger charge is -2.37. The van der Waals surface area contributed by atoms with Crippen LogP contribution >= 0.6 is 0 Å². The highest BCUT2D eigenvalue weighted by molar-refractivity contribution is 5.92. The molecular weight excluding hydrogens is 382 g/mol. The quantitative estimate of drug-likeness (QED) is 0.694. The molecule has 2 aliphatic rings. The van der Waals surface area contributed by atoms with Gasteiger partial charge in [-0.1, -0.05) is 12.1 Å². The third-order valence-corrected chi connectivity index (χ3v) is 5.66. The second-order valence-electron chi connectivity index (χ2n) is 7.61. The van der Waals surface area contributed by atoms with E-state index in [1.165, 1.54) is 12.4 Å². The fraction of sp³-hybridized carbons (Fsp3) is 0.455.